The zero-order valence-corrected chi connectivity index (χ0v) is 13.1. The molecule has 1 atom stereocenters. The number of aryl methyl sites for hydroxylation is 1. The van der Waals surface area contributed by atoms with Crippen LogP contribution in [0.1, 0.15) is 30.5 Å². The van der Waals surface area contributed by atoms with E-state index in [4.69, 9.17) is 14.2 Å². The van der Waals surface area contributed by atoms with Gasteiger partial charge in [-0.2, -0.15) is 0 Å². The lowest BCUT2D eigenvalue weighted by Crippen LogP contribution is -2.23. The Balaban J connectivity index is 2.51. The highest BCUT2D eigenvalue weighted by molar-refractivity contribution is 5.39. The third-order valence-electron chi connectivity index (χ3n) is 3.11. The predicted octanol–water partition coefficient (Wildman–Crippen LogP) is 2.71. The van der Waals surface area contributed by atoms with E-state index in [2.05, 4.69) is 31.3 Å². The summed E-state index contributed by atoms with van der Waals surface area (Å²) in [7, 11) is 3.63. The summed E-state index contributed by atoms with van der Waals surface area (Å²) < 4.78 is 16.5. The molecule has 4 heteroatoms. The van der Waals surface area contributed by atoms with E-state index in [0.717, 1.165) is 24.3 Å². The highest BCUT2D eigenvalue weighted by Crippen LogP contribution is 2.26. The lowest BCUT2D eigenvalue weighted by Gasteiger charge is -2.20. The molecule has 1 aromatic rings. The molecule has 0 bridgehead atoms. The van der Waals surface area contributed by atoms with Gasteiger partial charge < -0.3 is 19.5 Å². The van der Waals surface area contributed by atoms with E-state index in [-0.39, 0.29) is 6.04 Å². The Hall–Kier alpha value is -1.10. The normalized spacial score (nSPS) is 12.4. The maximum atomic E-state index is 5.68. The van der Waals surface area contributed by atoms with Crippen LogP contribution in [0.25, 0.3) is 0 Å². The van der Waals surface area contributed by atoms with Crippen molar-refractivity contribution in [1.29, 1.82) is 0 Å². The Morgan fingerprint density at radius 1 is 1.15 bits per heavy atom. The molecule has 0 radical (unpaired) electrons. The van der Waals surface area contributed by atoms with Crippen molar-refractivity contribution in [3.63, 3.8) is 0 Å². The van der Waals surface area contributed by atoms with E-state index in [1.807, 2.05) is 13.1 Å². The van der Waals surface area contributed by atoms with Crippen molar-refractivity contribution in [2.45, 2.75) is 26.3 Å². The molecule has 0 aliphatic rings. The highest BCUT2D eigenvalue weighted by atomic mass is 16.5. The first-order chi connectivity index (χ1) is 9.72. The van der Waals surface area contributed by atoms with E-state index in [1.54, 1.807) is 7.11 Å². The van der Waals surface area contributed by atoms with Crippen LogP contribution in [0.15, 0.2) is 18.2 Å². The SMILES string of the molecule is CCCOCCOCC(NC)c1cc(C)ccc1OC. The number of rotatable bonds is 10. The molecule has 0 fully saturated rings. The molecule has 20 heavy (non-hydrogen) atoms. The molecule has 0 aromatic heterocycles. The van der Waals surface area contributed by atoms with E-state index >= 15 is 0 Å². The van der Waals surface area contributed by atoms with Crippen molar-refractivity contribution in [3.8, 4) is 5.75 Å². The van der Waals surface area contributed by atoms with Gasteiger partial charge in [0.15, 0.2) is 0 Å². The number of benzene rings is 1. The maximum Gasteiger partial charge on any atom is 0.123 e. The lowest BCUT2D eigenvalue weighted by atomic mass is 10.0. The molecule has 0 aliphatic heterocycles. The summed E-state index contributed by atoms with van der Waals surface area (Å²) in [4.78, 5) is 0. The van der Waals surface area contributed by atoms with E-state index in [1.165, 1.54) is 5.56 Å². The summed E-state index contributed by atoms with van der Waals surface area (Å²) in [5.41, 5.74) is 2.34. The monoisotopic (exact) mass is 281 g/mol. The molecular formula is C16H27NO3. The lowest BCUT2D eigenvalue weighted by molar-refractivity contribution is 0.0397. The van der Waals surface area contributed by atoms with Crippen LogP contribution in [-0.4, -0.2) is 40.6 Å². The number of likely N-dealkylation sites (N-methyl/N-ethyl adjacent to an activating group) is 1. The van der Waals surface area contributed by atoms with Crippen molar-refractivity contribution in [3.05, 3.63) is 29.3 Å². The molecule has 0 amide bonds. The number of hydrogen-bond donors (Lipinski definition) is 1. The first-order valence-corrected chi connectivity index (χ1v) is 7.20. The van der Waals surface area contributed by atoms with Gasteiger partial charge in [-0.3, -0.25) is 0 Å². The van der Waals surface area contributed by atoms with Crippen LogP contribution in [0.5, 0.6) is 5.75 Å². The molecule has 1 unspecified atom stereocenters. The van der Waals surface area contributed by atoms with Gasteiger partial charge in [-0.1, -0.05) is 24.6 Å². The Kier molecular flexibility index (Phi) is 8.26. The van der Waals surface area contributed by atoms with Gasteiger partial charge in [0.25, 0.3) is 0 Å². The Bertz CT molecular complexity index is 382. The van der Waals surface area contributed by atoms with E-state index in [0.29, 0.717) is 19.8 Å². The summed E-state index contributed by atoms with van der Waals surface area (Å²) in [5.74, 6) is 0.890. The highest BCUT2D eigenvalue weighted by Gasteiger charge is 2.14. The average molecular weight is 281 g/mol. The minimum atomic E-state index is 0.121. The van der Waals surface area contributed by atoms with Crippen LogP contribution in [0.2, 0.25) is 0 Å². The summed E-state index contributed by atoms with van der Waals surface area (Å²) in [5, 5.41) is 3.28. The standard InChI is InChI=1S/C16H27NO3/c1-5-8-19-9-10-20-12-15(17-3)14-11-13(2)6-7-16(14)18-4/h6-7,11,15,17H,5,8-10,12H2,1-4H3. The molecule has 1 N–H and O–H groups in total. The molecule has 0 aliphatic carbocycles. The Morgan fingerprint density at radius 3 is 2.55 bits per heavy atom. The maximum absolute atomic E-state index is 5.68. The molecule has 1 rings (SSSR count). The smallest absolute Gasteiger partial charge is 0.123 e. The van der Waals surface area contributed by atoms with Gasteiger partial charge in [0.2, 0.25) is 0 Å². The fraction of sp³-hybridized carbons (Fsp3) is 0.625. The molecular weight excluding hydrogens is 254 g/mol. The summed E-state index contributed by atoms with van der Waals surface area (Å²) in [6, 6.07) is 6.31. The van der Waals surface area contributed by atoms with Gasteiger partial charge in [-0.15, -0.1) is 0 Å². The van der Waals surface area contributed by atoms with Gasteiger partial charge in [0, 0.05) is 12.2 Å². The summed E-state index contributed by atoms with van der Waals surface area (Å²) in [6.07, 6.45) is 1.04. The third kappa shape index (κ3) is 5.49. The van der Waals surface area contributed by atoms with Crippen molar-refractivity contribution in [2.24, 2.45) is 0 Å². The van der Waals surface area contributed by atoms with Gasteiger partial charge in [0.05, 0.1) is 33.0 Å². The average Bonchev–Trinajstić information content (AvgIpc) is 2.46. The fourth-order valence-electron chi connectivity index (χ4n) is 2.02. The van der Waals surface area contributed by atoms with Crippen molar-refractivity contribution < 1.29 is 14.2 Å². The van der Waals surface area contributed by atoms with Crippen LogP contribution in [0.3, 0.4) is 0 Å². The van der Waals surface area contributed by atoms with Crippen molar-refractivity contribution >= 4 is 0 Å². The number of methoxy groups -OCH3 is 1. The van der Waals surface area contributed by atoms with Crippen LogP contribution in [-0.2, 0) is 9.47 Å². The Morgan fingerprint density at radius 2 is 1.90 bits per heavy atom. The van der Waals surface area contributed by atoms with Gasteiger partial charge in [-0.25, -0.2) is 0 Å². The number of nitrogens with one attached hydrogen (secondary N) is 1. The van der Waals surface area contributed by atoms with Gasteiger partial charge >= 0.3 is 0 Å². The van der Waals surface area contributed by atoms with Crippen LogP contribution in [0.4, 0.5) is 0 Å². The minimum Gasteiger partial charge on any atom is -0.496 e. The first-order valence-electron chi connectivity index (χ1n) is 7.20. The predicted molar refractivity (Wildman–Crippen MR) is 81.5 cm³/mol. The molecule has 1 aromatic carbocycles. The molecule has 114 valence electrons. The van der Waals surface area contributed by atoms with Crippen LogP contribution in [0, 0.1) is 6.92 Å². The molecule has 0 saturated heterocycles. The molecule has 0 saturated carbocycles. The zero-order chi connectivity index (χ0) is 14.8. The third-order valence-corrected chi connectivity index (χ3v) is 3.11. The molecule has 4 nitrogen and oxygen atoms in total. The quantitative estimate of drug-likeness (QED) is 0.669. The van der Waals surface area contributed by atoms with Crippen LogP contribution < -0.4 is 10.1 Å². The second-order valence-electron chi connectivity index (χ2n) is 4.77. The van der Waals surface area contributed by atoms with Crippen molar-refractivity contribution in [2.75, 3.05) is 40.6 Å². The van der Waals surface area contributed by atoms with Gasteiger partial charge in [-0.05, 0) is 26.5 Å². The fourth-order valence-corrected chi connectivity index (χ4v) is 2.02. The summed E-state index contributed by atoms with van der Waals surface area (Å²) >= 11 is 0. The summed E-state index contributed by atoms with van der Waals surface area (Å²) in [6.45, 7) is 6.84. The van der Waals surface area contributed by atoms with Gasteiger partial charge in [0.1, 0.15) is 5.75 Å². The number of ether oxygens (including phenoxy) is 3. The number of hydrogen-bond acceptors (Lipinski definition) is 4. The molecule has 0 spiro atoms. The van der Waals surface area contributed by atoms with Crippen molar-refractivity contribution in [1.82, 2.24) is 5.32 Å². The van der Waals surface area contributed by atoms with E-state index < -0.39 is 0 Å². The first kappa shape index (κ1) is 17.0. The Labute approximate surface area is 122 Å². The second-order valence-corrected chi connectivity index (χ2v) is 4.77. The largest absolute Gasteiger partial charge is 0.496 e. The molecule has 0 heterocycles. The second kappa shape index (κ2) is 9.75. The minimum absolute atomic E-state index is 0.121. The zero-order valence-electron chi connectivity index (χ0n) is 13.1. The van der Waals surface area contributed by atoms with E-state index in [9.17, 15) is 0 Å². The topological polar surface area (TPSA) is 39.7 Å². The van der Waals surface area contributed by atoms with Crippen LogP contribution >= 0.6 is 0 Å².